The summed E-state index contributed by atoms with van der Waals surface area (Å²) < 4.78 is 1.99. The molecule has 6 aromatic carbocycles. The van der Waals surface area contributed by atoms with Gasteiger partial charge in [0.15, 0.2) is 11.0 Å². The fraction of sp³-hybridized carbons (Fsp3) is 0.0556. The van der Waals surface area contributed by atoms with Crippen molar-refractivity contribution in [3.05, 3.63) is 139 Å². The number of hydrazone groups is 1. The molecule has 0 aliphatic carbocycles. The van der Waals surface area contributed by atoms with Crippen molar-refractivity contribution in [2.24, 2.45) is 5.10 Å². The number of hydrogen-bond donors (Lipinski definition) is 2. The molecule has 44 heavy (non-hydrogen) atoms. The van der Waals surface area contributed by atoms with E-state index in [9.17, 15) is 4.79 Å². The van der Waals surface area contributed by atoms with Crippen LogP contribution in [0.25, 0.3) is 38.0 Å². The van der Waals surface area contributed by atoms with Crippen LogP contribution >= 0.6 is 11.8 Å². The van der Waals surface area contributed by atoms with Crippen molar-refractivity contribution >= 4 is 61.9 Å². The monoisotopic (exact) mass is 592 g/mol. The second-order valence-electron chi connectivity index (χ2n) is 10.3. The molecule has 7 rings (SSSR count). The fourth-order valence-electron chi connectivity index (χ4n) is 5.42. The minimum absolute atomic E-state index is 0.134. The van der Waals surface area contributed by atoms with Crippen LogP contribution in [0.1, 0.15) is 11.4 Å². The van der Waals surface area contributed by atoms with E-state index in [-0.39, 0.29) is 11.7 Å². The summed E-state index contributed by atoms with van der Waals surface area (Å²) in [6.07, 6.45) is 1.73. The predicted octanol–water partition coefficient (Wildman–Crippen LogP) is 7.58. The first-order valence-electron chi connectivity index (χ1n) is 14.3. The lowest BCUT2D eigenvalue weighted by Gasteiger charge is -2.12. The lowest BCUT2D eigenvalue weighted by molar-refractivity contribution is -0.118. The number of fused-ring (bicyclic) bond motifs is 3. The lowest BCUT2D eigenvalue weighted by Crippen LogP contribution is -2.20. The maximum atomic E-state index is 12.9. The van der Waals surface area contributed by atoms with Gasteiger partial charge in [-0.25, -0.2) is 5.43 Å². The normalized spacial score (nSPS) is 11.5. The van der Waals surface area contributed by atoms with Gasteiger partial charge in [0.05, 0.1) is 18.5 Å². The summed E-state index contributed by atoms with van der Waals surface area (Å²) in [4.78, 5) is 12.9. The van der Waals surface area contributed by atoms with Crippen molar-refractivity contribution in [2.75, 3.05) is 11.1 Å². The first kappa shape index (κ1) is 27.4. The number of anilines is 1. The first-order valence-corrected chi connectivity index (χ1v) is 15.3. The van der Waals surface area contributed by atoms with Gasteiger partial charge >= 0.3 is 0 Å². The second kappa shape index (κ2) is 12.4. The van der Waals surface area contributed by atoms with Gasteiger partial charge in [-0.05, 0) is 51.2 Å². The average molecular weight is 593 g/mol. The van der Waals surface area contributed by atoms with E-state index in [0.717, 1.165) is 49.7 Å². The van der Waals surface area contributed by atoms with Gasteiger partial charge < -0.3 is 5.32 Å². The van der Waals surface area contributed by atoms with Gasteiger partial charge in [0.1, 0.15) is 0 Å². The summed E-state index contributed by atoms with van der Waals surface area (Å²) >= 11 is 1.32. The van der Waals surface area contributed by atoms with Gasteiger partial charge in [-0.3, -0.25) is 9.36 Å². The standard InChI is InChI=1S/C36H28N6OS/c43-35(40-38-22-32-29-17-7-5-12-26(29)21-27-13-6-8-18-30(27)32)24-44-36-41-39-34(42(36)28-15-2-1-3-16-28)23-37-33-20-10-14-25-11-4-9-19-31(25)33/h1-22,37H,23-24H2,(H,40,43)/b38-22+. The summed E-state index contributed by atoms with van der Waals surface area (Å²) in [5.74, 6) is 0.650. The molecule has 0 spiro atoms. The molecule has 0 saturated heterocycles. The molecule has 1 aromatic heterocycles. The van der Waals surface area contributed by atoms with Crippen LogP contribution in [-0.2, 0) is 11.3 Å². The maximum Gasteiger partial charge on any atom is 0.250 e. The van der Waals surface area contributed by atoms with E-state index >= 15 is 0 Å². The Hall–Kier alpha value is -5.47. The number of hydrogen-bond acceptors (Lipinski definition) is 6. The van der Waals surface area contributed by atoms with Crippen LogP contribution < -0.4 is 10.7 Å². The highest BCUT2D eigenvalue weighted by atomic mass is 32.2. The number of aromatic nitrogens is 3. The van der Waals surface area contributed by atoms with E-state index in [2.05, 4.69) is 80.6 Å². The Morgan fingerprint density at radius 3 is 2.11 bits per heavy atom. The van der Waals surface area contributed by atoms with Crippen LogP contribution in [0.5, 0.6) is 0 Å². The molecule has 214 valence electrons. The molecule has 0 radical (unpaired) electrons. The highest BCUT2D eigenvalue weighted by molar-refractivity contribution is 7.99. The molecule has 0 fully saturated rings. The highest BCUT2D eigenvalue weighted by Gasteiger charge is 2.16. The zero-order valence-corrected chi connectivity index (χ0v) is 24.5. The molecule has 0 bridgehead atoms. The summed E-state index contributed by atoms with van der Waals surface area (Å²) in [6.45, 7) is 0.464. The molecule has 0 atom stereocenters. The maximum absolute atomic E-state index is 12.9. The molecule has 1 amide bonds. The number of thioether (sulfide) groups is 1. The van der Waals surface area contributed by atoms with Crippen molar-refractivity contribution in [3.63, 3.8) is 0 Å². The number of carbonyl (C=O) groups is 1. The Kier molecular flexibility index (Phi) is 7.72. The Morgan fingerprint density at radius 1 is 0.727 bits per heavy atom. The van der Waals surface area contributed by atoms with Crippen LogP contribution in [0.2, 0.25) is 0 Å². The molecule has 0 unspecified atom stereocenters. The molecule has 0 aliphatic rings. The molecule has 2 N–H and O–H groups in total. The summed E-state index contributed by atoms with van der Waals surface area (Å²) in [5, 5.41) is 24.2. The number of nitrogens with one attached hydrogen (secondary N) is 2. The molecular weight excluding hydrogens is 565 g/mol. The van der Waals surface area contributed by atoms with Crippen molar-refractivity contribution in [2.45, 2.75) is 11.7 Å². The Morgan fingerprint density at radius 2 is 1.36 bits per heavy atom. The van der Waals surface area contributed by atoms with Gasteiger partial charge in [-0.15, -0.1) is 10.2 Å². The number of benzene rings is 6. The van der Waals surface area contributed by atoms with Gasteiger partial charge in [0.25, 0.3) is 5.91 Å². The molecule has 1 heterocycles. The number of carbonyl (C=O) groups excluding carboxylic acids is 1. The zero-order valence-electron chi connectivity index (χ0n) is 23.7. The summed E-state index contributed by atoms with van der Waals surface area (Å²) in [7, 11) is 0. The average Bonchev–Trinajstić information content (AvgIpc) is 3.49. The Balaban J connectivity index is 1.08. The molecule has 0 saturated carbocycles. The van der Waals surface area contributed by atoms with Crippen molar-refractivity contribution < 1.29 is 4.79 Å². The first-order chi connectivity index (χ1) is 21.7. The molecule has 8 heteroatoms. The third kappa shape index (κ3) is 5.63. The topological polar surface area (TPSA) is 84.2 Å². The van der Waals surface area contributed by atoms with E-state index in [1.807, 2.05) is 77.4 Å². The van der Waals surface area contributed by atoms with E-state index in [1.54, 1.807) is 6.21 Å². The third-order valence-corrected chi connectivity index (χ3v) is 8.40. The second-order valence-corrected chi connectivity index (χ2v) is 11.2. The Labute approximate surface area is 258 Å². The third-order valence-electron chi connectivity index (χ3n) is 7.47. The van der Waals surface area contributed by atoms with Crippen molar-refractivity contribution in [1.29, 1.82) is 0 Å². The van der Waals surface area contributed by atoms with Crippen LogP contribution in [0.15, 0.2) is 138 Å². The van der Waals surface area contributed by atoms with E-state index in [0.29, 0.717) is 11.7 Å². The molecule has 0 aliphatic heterocycles. The largest absolute Gasteiger partial charge is 0.377 e. The van der Waals surface area contributed by atoms with Gasteiger partial charge in [-0.1, -0.05) is 115 Å². The minimum Gasteiger partial charge on any atom is -0.377 e. The summed E-state index contributed by atoms with van der Waals surface area (Å²) in [5.41, 5.74) is 5.62. The number of rotatable bonds is 9. The van der Waals surface area contributed by atoms with Crippen molar-refractivity contribution in [3.8, 4) is 5.69 Å². The van der Waals surface area contributed by atoms with Crippen LogP contribution in [0.3, 0.4) is 0 Å². The number of para-hydroxylation sites is 1. The van der Waals surface area contributed by atoms with E-state index < -0.39 is 0 Å². The lowest BCUT2D eigenvalue weighted by atomic mass is 9.97. The number of amides is 1. The fourth-order valence-corrected chi connectivity index (χ4v) is 6.18. The smallest absolute Gasteiger partial charge is 0.250 e. The van der Waals surface area contributed by atoms with Crippen LogP contribution in [-0.4, -0.2) is 32.6 Å². The quantitative estimate of drug-likeness (QED) is 0.0781. The highest BCUT2D eigenvalue weighted by Crippen LogP contribution is 2.28. The molecule has 7 aromatic rings. The van der Waals surface area contributed by atoms with E-state index in [4.69, 9.17) is 0 Å². The minimum atomic E-state index is -0.228. The predicted molar refractivity (Wildman–Crippen MR) is 181 cm³/mol. The van der Waals surface area contributed by atoms with Gasteiger partial charge in [0.2, 0.25) is 0 Å². The van der Waals surface area contributed by atoms with Crippen LogP contribution in [0, 0.1) is 0 Å². The molecule has 7 nitrogen and oxygen atoms in total. The number of nitrogens with zero attached hydrogens (tertiary/aromatic N) is 4. The van der Waals surface area contributed by atoms with Crippen molar-refractivity contribution in [1.82, 2.24) is 20.2 Å². The summed E-state index contributed by atoms with van der Waals surface area (Å²) in [6, 6.07) is 43.0. The van der Waals surface area contributed by atoms with E-state index in [1.165, 1.54) is 17.1 Å². The van der Waals surface area contributed by atoms with Crippen LogP contribution in [0.4, 0.5) is 5.69 Å². The Bertz CT molecular complexity index is 2080. The van der Waals surface area contributed by atoms with Gasteiger partial charge in [-0.2, -0.15) is 5.10 Å². The molecular formula is C36H28N6OS. The zero-order chi connectivity index (χ0) is 29.7. The van der Waals surface area contributed by atoms with Gasteiger partial charge in [0, 0.05) is 22.3 Å². The SMILES string of the molecule is O=C(CSc1nnc(CNc2cccc3ccccc23)n1-c1ccccc1)N/N=C/c1c2ccccc2cc2ccccc12.